The van der Waals surface area contributed by atoms with Crippen LogP contribution in [-0.2, 0) is 9.53 Å². The van der Waals surface area contributed by atoms with Crippen molar-refractivity contribution in [2.24, 2.45) is 17.6 Å². The zero-order chi connectivity index (χ0) is 9.84. The molecule has 0 saturated carbocycles. The Hall–Kier alpha value is -0.570. The van der Waals surface area contributed by atoms with Gasteiger partial charge in [0.25, 0.3) is 0 Å². The van der Waals surface area contributed by atoms with E-state index in [2.05, 4.69) is 13.8 Å². The first kappa shape index (κ1) is 10.5. The highest BCUT2D eigenvalue weighted by Gasteiger charge is 2.25. The molecule has 1 amide bonds. The number of carbonyl (C=O) groups is 1. The number of carbonyl (C=O) groups excluding carboxylic acids is 1. The molecule has 1 saturated heterocycles. The van der Waals surface area contributed by atoms with Crippen LogP contribution in [0.25, 0.3) is 0 Å². The third-order valence-corrected chi connectivity index (χ3v) is 2.49. The van der Waals surface area contributed by atoms with Crippen LogP contribution in [0.3, 0.4) is 0 Å². The smallest absolute Gasteiger partial charge is 0.246 e. The highest BCUT2D eigenvalue weighted by Crippen LogP contribution is 2.24. The van der Waals surface area contributed by atoms with Crippen molar-refractivity contribution < 1.29 is 9.53 Å². The van der Waals surface area contributed by atoms with Crippen LogP contribution in [0, 0.1) is 11.8 Å². The average molecular weight is 185 g/mol. The summed E-state index contributed by atoms with van der Waals surface area (Å²) in [5.74, 6) is 1.01. The van der Waals surface area contributed by atoms with E-state index in [-0.39, 0.29) is 12.0 Å². The number of ether oxygens (including phenoxy) is 1. The molecule has 1 heterocycles. The molecule has 0 aliphatic carbocycles. The fourth-order valence-corrected chi connectivity index (χ4v) is 1.88. The molecule has 1 rings (SSSR count). The monoisotopic (exact) mass is 185 g/mol. The molecular weight excluding hydrogens is 166 g/mol. The third-order valence-electron chi connectivity index (χ3n) is 2.49. The molecule has 0 aromatic rings. The maximum Gasteiger partial charge on any atom is 0.246 e. The van der Waals surface area contributed by atoms with E-state index in [9.17, 15) is 4.79 Å². The number of rotatable bonds is 3. The third kappa shape index (κ3) is 3.35. The highest BCUT2D eigenvalue weighted by molar-refractivity contribution is 5.78. The number of nitrogens with two attached hydrogens (primary N) is 1. The van der Waals surface area contributed by atoms with Crippen LogP contribution >= 0.6 is 0 Å². The molecule has 2 unspecified atom stereocenters. The highest BCUT2D eigenvalue weighted by atomic mass is 16.5. The Bertz CT molecular complexity index is 172. The summed E-state index contributed by atoms with van der Waals surface area (Å²) in [7, 11) is 0. The average Bonchev–Trinajstić information content (AvgIpc) is 2.04. The van der Waals surface area contributed by atoms with Crippen molar-refractivity contribution in [1.82, 2.24) is 0 Å². The molecule has 13 heavy (non-hydrogen) atoms. The van der Waals surface area contributed by atoms with Gasteiger partial charge in [-0.25, -0.2) is 0 Å². The molecule has 76 valence electrons. The molecule has 2 atom stereocenters. The van der Waals surface area contributed by atoms with Crippen molar-refractivity contribution >= 4 is 5.91 Å². The minimum absolute atomic E-state index is 0.317. The van der Waals surface area contributed by atoms with E-state index in [1.54, 1.807) is 0 Å². The Balaban J connectivity index is 2.26. The van der Waals surface area contributed by atoms with E-state index >= 15 is 0 Å². The lowest BCUT2D eigenvalue weighted by Gasteiger charge is -2.28. The summed E-state index contributed by atoms with van der Waals surface area (Å²) in [6, 6.07) is 0. The Kier molecular flexibility index (Phi) is 3.72. The van der Waals surface area contributed by atoms with Gasteiger partial charge in [-0.2, -0.15) is 0 Å². The first-order valence-electron chi connectivity index (χ1n) is 5.00. The number of amides is 1. The van der Waals surface area contributed by atoms with Gasteiger partial charge in [-0.15, -0.1) is 0 Å². The first-order valence-corrected chi connectivity index (χ1v) is 5.00. The van der Waals surface area contributed by atoms with Crippen LogP contribution in [0.1, 0.15) is 33.1 Å². The van der Waals surface area contributed by atoms with Crippen LogP contribution in [-0.4, -0.2) is 18.6 Å². The normalized spacial score (nSPS) is 29.2. The van der Waals surface area contributed by atoms with E-state index in [0.717, 1.165) is 12.8 Å². The standard InChI is InChI=1S/C10H19NO2/c1-7(2)5-8-3-4-9(10(11)12)13-6-8/h7-9H,3-6H2,1-2H3,(H2,11,12). The minimum atomic E-state index is -0.330. The summed E-state index contributed by atoms with van der Waals surface area (Å²) < 4.78 is 5.38. The largest absolute Gasteiger partial charge is 0.368 e. The topological polar surface area (TPSA) is 52.3 Å². The maximum absolute atomic E-state index is 10.8. The number of hydrogen-bond acceptors (Lipinski definition) is 2. The van der Waals surface area contributed by atoms with Gasteiger partial charge in [-0.1, -0.05) is 13.8 Å². The predicted octanol–water partition coefficient (Wildman–Crippen LogP) is 1.31. The van der Waals surface area contributed by atoms with E-state index in [4.69, 9.17) is 10.5 Å². The van der Waals surface area contributed by atoms with E-state index in [1.165, 1.54) is 6.42 Å². The van der Waals surface area contributed by atoms with Crippen LogP contribution in [0.15, 0.2) is 0 Å². The zero-order valence-electron chi connectivity index (χ0n) is 8.45. The Labute approximate surface area is 79.6 Å². The van der Waals surface area contributed by atoms with Gasteiger partial charge in [0.1, 0.15) is 6.10 Å². The van der Waals surface area contributed by atoms with Gasteiger partial charge >= 0.3 is 0 Å². The van der Waals surface area contributed by atoms with Gasteiger partial charge < -0.3 is 10.5 Å². The second-order valence-corrected chi connectivity index (χ2v) is 4.30. The Morgan fingerprint density at radius 3 is 2.62 bits per heavy atom. The van der Waals surface area contributed by atoms with Crippen molar-refractivity contribution in [2.45, 2.75) is 39.2 Å². The predicted molar refractivity (Wildman–Crippen MR) is 51.1 cm³/mol. The quantitative estimate of drug-likeness (QED) is 0.720. The summed E-state index contributed by atoms with van der Waals surface area (Å²) in [4.78, 5) is 10.8. The summed E-state index contributed by atoms with van der Waals surface area (Å²) in [5.41, 5.74) is 5.15. The SMILES string of the molecule is CC(C)CC1CCC(C(N)=O)OC1. The zero-order valence-corrected chi connectivity index (χ0v) is 8.45. The van der Waals surface area contributed by atoms with Crippen molar-refractivity contribution in [3.63, 3.8) is 0 Å². The lowest BCUT2D eigenvalue weighted by atomic mass is 9.90. The van der Waals surface area contributed by atoms with Gasteiger partial charge in [0, 0.05) is 0 Å². The number of primary amides is 1. The van der Waals surface area contributed by atoms with Crippen LogP contribution in [0.2, 0.25) is 0 Å². The molecule has 3 nitrogen and oxygen atoms in total. The fraction of sp³-hybridized carbons (Fsp3) is 0.900. The van der Waals surface area contributed by atoms with Gasteiger partial charge in [0.05, 0.1) is 6.61 Å². The molecule has 0 radical (unpaired) electrons. The van der Waals surface area contributed by atoms with E-state index in [0.29, 0.717) is 18.4 Å². The Morgan fingerprint density at radius 2 is 2.23 bits per heavy atom. The molecule has 3 heteroatoms. The van der Waals surface area contributed by atoms with Crippen molar-refractivity contribution in [3.05, 3.63) is 0 Å². The van der Waals surface area contributed by atoms with E-state index in [1.807, 2.05) is 0 Å². The molecule has 0 aromatic heterocycles. The summed E-state index contributed by atoms with van der Waals surface area (Å²) in [5, 5.41) is 0. The summed E-state index contributed by atoms with van der Waals surface area (Å²) in [6.45, 7) is 5.12. The molecular formula is C10H19NO2. The molecule has 1 fully saturated rings. The first-order chi connectivity index (χ1) is 6.09. The van der Waals surface area contributed by atoms with Crippen molar-refractivity contribution in [2.75, 3.05) is 6.61 Å². The lowest BCUT2D eigenvalue weighted by molar-refractivity contribution is -0.134. The second-order valence-electron chi connectivity index (χ2n) is 4.30. The van der Waals surface area contributed by atoms with Crippen molar-refractivity contribution in [3.8, 4) is 0 Å². The van der Waals surface area contributed by atoms with Gasteiger partial charge in [-0.05, 0) is 31.1 Å². The van der Waals surface area contributed by atoms with Gasteiger partial charge in [0.15, 0.2) is 0 Å². The summed E-state index contributed by atoms with van der Waals surface area (Å²) >= 11 is 0. The van der Waals surface area contributed by atoms with Crippen LogP contribution < -0.4 is 5.73 Å². The molecule has 1 aliphatic heterocycles. The number of hydrogen-bond donors (Lipinski definition) is 1. The molecule has 0 bridgehead atoms. The van der Waals surface area contributed by atoms with Gasteiger partial charge in [-0.3, -0.25) is 4.79 Å². The molecule has 2 N–H and O–H groups in total. The van der Waals surface area contributed by atoms with Gasteiger partial charge in [0.2, 0.25) is 5.91 Å². The lowest BCUT2D eigenvalue weighted by Crippen LogP contribution is -2.36. The van der Waals surface area contributed by atoms with Crippen LogP contribution in [0.5, 0.6) is 0 Å². The fourth-order valence-electron chi connectivity index (χ4n) is 1.88. The maximum atomic E-state index is 10.8. The van der Waals surface area contributed by atoms with Crippen molar-refractivity contribution in [1.29, 1.82) is 0 Å². The second kappa shape index (κ2) is 4.61. The molecule has 0 aromatic carbocycles. The molecule has 0 spiro atoms. The Morgan fingerprint density at radius 1 is 1.54 bits per heavy atom. The minimum Gasteiger partial charge on any atom is -0.368 e. The van der Waals surface area contributed by atoms with Crippen LogP contribution in [0.4, 0.5) is 0 Å². The summed E-state index contributed by atoms with van der Waals surface area (Å²) in [6.07, 6.45) is 2.73. The van der Waals surface area contributed by atoms with E-state index < -0.39 is 0 Å². The molecule has 1 aliphatic rings.